The zero-order chi connectivity index (χ0) is 15.8. The first-order valence-corrected chi connectivity index (χ1v) is 7.55. The molecule has 0 atom stereocenters. The lowest BCUT2D eigenvalue weighted by molar-refractivity contribution is -0.131. The van der Waals surface area contributed by atoms with Crippen LogP contribution < -0.4 is 9.47 Å². The Morgan fingerprint density at radius 2 is 2.13 bits per heavy atom. The largest absolute Gasteiger partial charge is 0.454 e. The Hall–Kier alpha value is -2.54. The van der Waals surface area contributed by atoms with Gasteiger partial charge < -0.3 is 19.5 Å². The van der Waals surface area contributed by atoms with E-state index in [2.05, 4.69) is 5.10 Å². The minimum Gasteiger partial charge on any atom is -0.454 e. The monoisotopic (exact) mass is 315 g/mol. The number of hydrogen-bond donors (Lipinski definition) is 1. The van der Waals surface area contributed by atoms with E-state index < -0.39 is 0 Å². The number of amides is 1. The van der Waals surface area contributed by atoms with Crippen LogP contribution in [-0.4, -0.2) is 39.1 Å². The number of ether oxygens (including phenoxy) is 2. The zero-order valence-electron chi connectivity index (χ0n) is 12.6. The van der Waals surface area contributed by atoms with E-state index in [1.54, 1.807) is 10.9 Å². The van der Waals surface area contributed by atoms with E-state index in [0.29, 0.717) is 31.8 Å². The van der Waals surface area contributed by atoms with Crippen LogP contribution in [0.15, 0.2) is 24.4 Å². The quantitative estimate of drug-likeness (QED) is 0.898. The molecule has 4 rings (SSSR count). The maximum Gasteiger partial charge on any atom is 0.231 e. The van der Waals surface area contributed by atoms with Crippen molar-refractivity contribution in [2.75, 3.05) is 13.4 Å². The number of hydrogen-bond acceptors (Lipinski definition) is 5. The minimum absolute atomic E-state index is 0.0409. The van der Waals surface area contributed by atoms with E-state index in [4.69, 9.17) is 14.6 Å². The third-order valence-corrected chi connectivity index (χ3v) is 4.19. The summed E-state index contributed by atoms with van der Waals surface area (Å²) in [6, 6.07) is 5.59. The Morgan fingerprint density at radius 3 is 3.00 bits per heavy atom. The predicted molar refractivity (Wildman–Crippen MR) is 79.8 cm³/mol. The van der Waals surface area contributed by atoms with Gasteiger partial charge in [0.25, 0.3) is 0 Å². The van der Waals surface area contributed by atoms with Crippen molar-refractivity contribution in [2.45, 2.75) is 26.1 Å². The average molecular weight is 315 g/mol. The van der Waals surface area contributed by atoms with Crippen LogP contribution in [0.2, 0.25) is 0 Å². The Kier molecular flexibility index (Phi) is 3.42. The SMILES string of the molecule is O=C(Cc1ccc2c(c1)OCO2)N1Cc2cnn(CCO)c2C1. The van der Waals surface area contributed by atoms with E-state index in [1.807, 2.05) is 23.1 Å². The van der Waals surface area contributed by atoms with Gasteiger partial charge in [-0.3, -0.25) is 9.48 Å². The predicted octanol–water partition coefficient (Wildman–Crippen LogP) is 0.689. The van der Waals surface area contributed by atoms with E-state index in [1.165, 1.54) is 0 Å². The standard InChI is InChI=1S/C16H17N3O4/c20-4-3-19-13-9-18(8-12(13)7-17-19)16(21)6-11-1-2-14-15(5-11)23-10-22-14/h1-2,5,7,20H,3-4,6,8-10H2. The van der Waals surface area contributed by atoms with Crippen LogP contribution in [0.4, 0.5) is 0 Å². The van der Waals surface area contributed by atoms with E-state index in [0.717, 1.165) is 22.6 Å². The molecular formula is C16H17N3O4. The second-order valence-electron chi connectivity index (χ2n) is 5.68. The summed E-state index contributed by atoms with van der Waals surface area (Å²) in [7, 11) is 0. The Balaban J connectivity index is 1.44. The van der Waals surface area contributed by atoms with Crippen LogP contribution in [0.25, 0.3) is 0 Å². The van der Waals surface area contributed by atoms with Crippen LogP contribution in [0, 0.1) is 0 Å². The van der Waals surface area contributed by atoms with Crippen LogP contribution in [-0.2, 0) is 30.8 Å². The van der Waals surface area contributed by atoms with Crippen molar-refractivity contribution in [1.82, 2.24) is 14.7 Å². The van der Waals surface area contributed by atoms with Gasteiger partial charge in [-0.1, -0.05) is 6.07 Å². The summed E-state index contributed by atoms with van der Waals surface area (Å²) in [5, 5.41) is 13.3. The number of benzene rings is 1. The van der Waals surface area contributed by atoms with Crippen molar-refractivity contribution in [1.29, 1.82) is 0 Å². The van der Waals surface area contributed by atoms with E-state index >= 15 is 0 Å². The van der Waals surface area contributed by atoms with Crippen LogP contribution in [0.5, 0.6) is 11.5 Å². The zero-order valence-corrected chi connectivity index (χ0v) is 12.6. The lowest BCUT2D eigenvalue weighted by Crippen LogP contribution is -2.27. The molecule has 1 N–H and O–H groups in total. The molecule has 7 nitrogen and oxygen atoms in total. The highest BCUT2D eigenvalue weighted by Crippen LogP contribution is 2.33. The van der Waals surface area contributed by atoms with Crippen molar-refractivity contribution in [3.8, 4) is 11.5 Å². The molecule has 1 aromatic carbocycles. The van der Waals surface area contributed by atoms with Crippen molar-refractivity contribution >= 4 is 5.91 Å². The van der Waals surface area contributed by atoms with Gasteiger partial charge in [0.2, 0.25) is 12.7 Å². The summed E-state index contributed by atoms with van der Waals surface area (Å²) >= 11 is 0. The fourth-order valence-electron chi connectivity index (χ4n) is 3.01. The first kappa shape index (κ1) is 14.1. The molecule has 0 bridgehead atoms. The van der Waals surface area contributed by atoms with Crippen LogP contribution in [0.3, 0.4) is 0 Å². The summed E-state index contributed by atoms with van der Waals surface area (Å²) in [6.07, 6.45) is 2.10. The number of rotatable bonds is 4. The molecule has 7 heteroatoms. The normalized spacial score (nSPS) is 15.1. The van der Waals surface area contributed by atoms with Crippen molar-refractivity contribution < 1.29 is 19.4 Å². The van der Waals surface area contributed by atoms with Crippen molar-refractivity contribution in [2.24, 2.45) is 0 Å². The Labute approximate surface area is 133 Å². The Morgan fingerprint density at radius 1 is 1.26 bits per heavy atom. The molecule has 0 saturated heterocycles. The number of nitrogens with zero attached hydrogens (tertiary/aromatic N) is 3. The number of fused-ring (bicyclic) bond motifs is 2. The summed E-state index contributed by atoms with van der Waals surface area (Å²) in [5.41, 5.74) is 2.97. The van der Waals surface area contributed by atoms with Gasteiger partial charge >= 0.3 is 0 Å². The molecule has 3 heterocycles. The molecule has 0 aliphatic carbocycles. The van der Waals surface area contributed by atoms with Gasteiger partial charge in [-0.2, -0.15) is 5.10 Å². The molecule has 2 aliphatic heterocycles. The number of carbonyl (C=O) groups is 1. The number of aliphatic hydroxyl groups is 1. The van der Waals surface area contributed by atoms with E-state index in [-0.39, 0.29) is 19.3 Å². The molecule has 1 aromatic heterocycles. The Bertz CT molecular complexity index is 756. The maximum absolute atomic E-state index is 12.5. The van der Waals surface area contributed by atoms with E-state index in [9.17, 15) is 4.79 Å². The molecule has 0 radical (unpaired) electrons. The summed E-state index contributed by atoms with van der Waals surface area (Å²) in [4.78, 5) is 14.3. The second-order valence-corrected chi connectivity index (χ2v) is 5.68. The topological polar surface area (TPSA) is 76.8 Å². The van der Waals surface area contributed by atoms with Crippen molar-refractivity contribution in [3.05, 3.63) is 41.2 Å². The van der Waals surface area contributed by atoms with Gasteiger partial charge in [0.05, 0.1) is 38.0 Å². The smallest absolute Gasteiger partial charge is 0.231 e. The maximum atomic E-state index is 12.5. The van der Waals surface area contributed by atoms with Crippen LogP contribution in [0.1, 0.15) is 16.8 Å². The summed E-state index contributed by atoms with van der Waals surface area (Å²) in [6.45, 7) is 1.84. The number of carbonyl (C=O) groups excluding carboxylic acids is 1. The highest BCUT2D eigenvalue weighted by atomic mass is 16.7. The lowest BCUT2D eigenvalue weighted by atomic mass is 10.1. The molecule has 0 fully saturated rings. The molecule has 1 amide bonds. The molecule has 0 unspecified atom stereocenters. The molecule has 120 valence electrons. The fraction of sp³-hybridized carbons (Fsp3) is 0.375. The molecule has 0 spiro atoms. The highest BCUT2D eigenvalue weighted by Gasteiger charge is 2.27. The first-order valence-electron chi connectivity index (χ1n) is 7.55. The molecule has 0 saturated carbocycles. The second kappa shape index (κ2) is 5.58. The van der Waals surface area contributed by atoms with Gasteiger partial charge in [-0.15, -0.1) is 0 Å². The fourth-order valence-corrected chi connectivity index (χ4v) is 3.01. The molecule has 23 heavy (non-hydrogen) atoms. The van der Waals surface area contributed by atoms with Gasteiger partial charge in [-0.05, 0) is 17.7 Å². The van der Waals surface area contributed by atoms with Gasteiger partial charge in [0, 0.05) is 12.1 Å². The van der Waals surface area contributed by atoms with Crippen LogP contribution >= 0.6 is 0 Å². The average Bonchev–Trinajstić information content (AvgIpc) is 3.23. The summed E-state index contributed by atoms with van der Waals surface area (Å²) in [5.74, 6) is 1.48. The summed E-state index contributed by atoms with van der Waals surface area (Å²) < 4.78 is 12.4. The molecular weight excluding hydrogens is 298 g/mol. The van der Waals surface area contributed by atoms with Gasteiger partial charge in [0.15, 0.2) is 11.5 Å². The first-order chi connectivity index (χ1) is 11.2. The molecule has 2 aromatic rings. The number of aliphatic hydroxyl groups excluding tert-OH is 1. The number of aromatic nitrogens is 2. The third-order valence-electron chi connectivity index (χ3n) is 4.19. The van der Waals surface area contributed by atoms with Crippen molar-refractivity contribution in [3.63, 3.8) is 0 Å². The lowest BCUT2D eigenvalue weighted by Gasteiger charge is -2.16. The third kappa shape index (κ3) is 2.53. The highest BCUT2D eigenvalue weighted by molar-refractivity contribution is 5.79. The molecule has 2 aliphatic rings. The minimum atomic E-state index is 0.0409. The van der Waals surface area contributed by atoms with Gasteiger partial charge in [-0.25, -0.2) is 0 Å². The van der Waals surface area contributed by atoms with Gasteiger partial charge in [0.1, 0.15) is 0 Å².